The first-order chi connectivity index (χ1) is 38.0. The SMILES string of the molecule is CCCCCCCCC/C=C\CCCCCCCCCC(=O)OCCCCCCCCCCC/C=C\C/C=C\CCCCCCCCCCCCCCCCCC(=O)NC(CO)C(O)CCCCCCCCCCCCC. The molecule has 1 amide bonds. The molecule has 0 aromatic heterocycles. The van der Waals surface area contributed by atoms with Crippen LogP contribution < -0.4 is 5.32 Å². The number of ether oxygens (including phenoxy) is 1. The summed E-state index contributed by atoms with van der Waals surface area (Å²) in [5.41, 5.74) is 0. The van der Waals surface area contributed by atoms with Gasteiger partial charge in [-0.3, -0.25) is 9.59 Å². The molecule has 0 aliphatic rings. The molecule has 77 heavy (non-hydrogen) atoms. The molecule has 0 radical (unpaired) electrons. The van der Waals surface area contributed by atoms with Crippen LogP contribution in [-0.2, 0) is 14.3 Å². The van der Waals surface area contributed by atoms with Gasteiger partial charge in [0.2, 0.25) is 5.91 Å². The van der Waals surface area contributed by atoms with Gasteiger partial charge in [0, 0.05) is 12.8 Å². The summed E-state index contributed by atoms with van der Waals surface area (Å²) in [6.07, 6.45) is 84.8. The molecule has 0 aliphatic heterocycles. The monoisotopic (exact) mass is 1080 g/mol. The van der Waals surface area contributed by atoms with E-state index in [9.17, 15) is 19.8 Å². The van der Waals surface area contributed by atoms with Crippen LogP contribution in [0, 0.1) is 0 Å². The summed E-state index contributed by atoms with van der Waals surface area (Å²) in [6.45, 7) is 4.96. The highest BCUT2D eigenvalue weighted by Crippen LogP contribution is 2.18. The van der Waals surface area contributed by atoms with Crippen molar-refractivity contribution in [3.05, 3.63) is 36.5 Å². The van der Waals surface area contributed by atoms with E-state index in [1.165, 1.54) is 295 Å². The summed E-state index contributed by atoms with van der Waals surface area (Å²) >= 11 is 0. The van der Waals surface area contributed by atoms with Crippen LogP contribution in [0.4, 0.5) is 0 Å². The third-order valence-corrected chi connectivity index (χ3v) is 16.2. The molecule has 0 heterocycles. The van der Waals surface area contributed by atoms with Crippen LogP contribution in [-0.4, -0.2) is 47.4 Å². The summed E-state index contributed by atoms with van der Waals surface area (Å²) < 4.78 is 5.50. The molecular weight excluding hydrogens is 947 g/mol. The number of aliphatic hydroxyl groups is 2. The lowest BCUT2D eigenvalue weighted by molar-refractivity contribution is -0.143. The van der Waals surface area contributed by atoms with Crippen LogP contribution in [0.2, 0.25) is 0 Å². The third-order valence-electron chi connectivity index (χ3n) is 16.2. The number of esters is 1. The van der Waals surface area contributed by atoms with Gasteiger partial charge in [-0.1, -0.05) is 320 Å². The molecule has 6 nitrogen and oxygen atoms in total. The average molecular weight is 1080 g/mol. The zero-order valence-electron chi connectivity index (χ0n) is 52.0. The van der Waals surface area contributed by atoms with E-state index in [0.29, 0.717) is 25.9 Å². The maximum absolute atomic E-state index is 12.5. The first-order valence-corrected chi connectivity index (χ1v) is 34.7. The van der Waals surface area contributed by atoms with Gasteiger partial charge < -0.3 is 20.3 Å². The maximum Gasteiger partial charge on any atom is 0.305 e. The fourth-order valence-corrected chi connectivity index (χ4v) is 10.8. The van der Waals surface area contributed by atoms with Crippen molar-refractivity contribution in [3.63, 3.8) is 0 Å². The third kappa shape index (κ3) is 63.1. The molecule has 0 saturated carbocycles. The van der Waals surface area contributed by atoms with E-state index in [1.54, 1.807) is 0 Å². The van der Waals surface area contributed by atoms with Gasteiger partial charge in [-0.15, -0.1) is 0 Å². The summed E-state index contributed by atoms with van der Waals surface area (Å²) in [4.78, 5) is 24.6. The van der Waals surface area contributed by atoms with Crippen molar-refractivity contribution in [1.29, 1.82) is 0 Å². The molecule has 0 rings (SSSR count). The molecule has 2 unspecified atom stereocenters. The topological polar surface area (TPSA) is 95.9 Å². The Hall–Kier alpha value is -1.92. The number of aliphatic hydroxyl groups excluding tert-OH is 2. The maximum atomic E-state index is 12.5. The van der Waals surface area contributed by atoms with E-state index in [0.717, 1.165) is 51.4 Å². The second-order valence-corrected chi connectivity index (χ2v) is 23.9. The van der Waals surface area contributed by atoms with E-state index < -0.39 is 12.1 Å². The van der Waals surface area contributed by atoms with Crippen LogP contribution in [0.3, 0.4) is 0 Å². The van der Waals surface area contributed by atoms with Gasteiger partial charge in [0.05, 0.1) is 25.4 Å². The highest BCUT2D eigenvalue weighted by atomic mass is 16.5. The highest BCUT2D eigenvalue weighted by molar-refractivity contribution is 5.76. The van der Waals surface area contributed by atoms with E-state index in [-0.39, 0.29) is 18.5 Å². The summed E-state index contributed by atoms with van der Waals surface area (Å²) in [5.74, 6) is -0.0235. The van der Waals surface area contributed by atoms with Gasteiger partial charge in [-0.05, 0) is 83.5 Å². The Morgan fingerprint density at radius 3 is 1.00 bits per heavy atom. The molecule has 0 saturated heterocycles. The molecule has 0 bridgehead atoms. The van der Waals surface area contributed by atoms with Gasteiger partial charge in [0.1, 0.15) is 0 Å². The van der Waals surface area contributed by atoms with Crippen molar-refractivity contribution >= 4 is 11.9 Å². The molecule has 0 aromatic rings. The van der Waals surface area contributed by atoms with Crippen LogP contribution in [0.15, 0.2) is 36.5 Å². The predicted octanol–water partition coefficient (Wildman–Crippen LogP) is 22.3. The minimum Gasteiger partial charge on any atom is -0.466 e. The Balaban J connectivity index is 3.36. The van der Waals surface area contributed by atoms with Gasteiger partial charge in [0.15, 0.2) is 0 Å². The lowest BCUT2D eigenvalue weighted by atomic mass is 10.0. The summed E-state index contributed by atoms with van der Waals surface area (Å²) in [5, 5.41) is 23.2. The van der Waals surface area contributed by atoms with Crippen LogP contribution in [0.5, 0.6) is 0 Å². The molecular formula is C71H135NO5. The van der Waals surface area contributed by atoms with E-state index in [4.69, 9.17) is 4.74 Å². The van der Waals surface area contributed by atoms with Gasteiger partial charge in [-0.25, -0.2) is 0 Å². The normalized spacial score (nSPS) is 12.7. The molecule has 3 N–H and O–H groups in total. The molecule has 6 heteroatoms. The van der Waals surface area contributed by atoms with Crippen LogP contribution >= 0.6 is 0 Å². The second-order valence-electron chi connectivity index (χ2n) is 23.9. The molecule has 454 valence electrons. The van der Waals surface area contributed by atoms with Gasteiger partial charge in [0.25, 0.3) is 0 Å². The molecule has 2 atom stereocenters. The van der Waals surface area contributed by atoms with E-state index in [2.05, 4.69) is 55.6 Å². The minimum absolute atomic E-state index is 0.0106. The Kier molecular flexibility index (Phi) is 64.9. The van der Waals surface area contributed by atoms with Crippen LogP contribution in [0.25, 0.3) is 0 Å². The Labute approximate surface area is 481 Å². The van der Waals surface area contributed by atoms with Crippen molar-refractivity contribution in [3.8, 4) is 0 Å². The van der Waals surface area contributed by atoms with Crippen molar-refractivity contribution < 1.29 is 24.5 Å². The molecule has 0 spiro atoms. The summed E-state index contributed by atoms with van der Waals surface area (Å²) in [7, 11) is 0. The molecule has 0 fully saturated rings. The smallest absolute Gasteiger partial charge is 0.305 e. The van der Waals surface area contributed by atoms with Crippen molar-refractivity contribution in [1.82, 2.24) is 5.32 Å². The second kappa shape index (κ2) is 66.6. The van der Waals surface area contributed by atoms with E-state index >= 15 is 0 Å². The summed E-state index contributed by atoms with van der Waals surface area (Å²) in [6, 6.07) is -0.540. The standard InChI is InChI=1S/C71H135NO5/c1-3-5-7-9-11-13-15-16-17-18-35-38-41-45-49-53-57-61-65-71(76)77-66-62-58-54-50-46-42-39-36-33-31-29-27-25-23-21-19-20-22-24-26-28-30-32-34-37-40-44-48-52-56-60-64-70(75)72-68(67-73)69(74)63-59-55-51-47-43-14-12-10-8-6-4-2/h17-18,21,23,27,29,68-69,73-74H,3-16,19-20,22,24-26,28,30-67H2,1-2H3,(H,72,75)/b18-17-,23-21-,29-27-. The van der Waals surface area contributed by atoms with Gasteiger partial charge in [-0.2, -0.15) is 0 Å². The number of hydrogen-bond acceptors (Lipinski definition) is 5. The average Bonchev–Trinajstić information content (AvgIpc) is 3.43. The first kappa shape index (κ1) is 75.1. The highest BCUT2D eigenvalue weighted by Gasteiger charge is 2.20. The fraction of sp³-hybridized carbons (Fsp3) is 0.887. The predicted molar refractivity (Wildman–Crippen MR) is 338 cm³/mol. The number of rotatable bonds is 65. The lowest BCUT2D eigenvalue weighted by Gasteiger charge is -2.22. The number of hydrogen-bond donors (Lipinski definition) is 3. The number of amides is 1. The van der Waals surface area contributed by atoms with Crippen LogP contribution in [0.1, 0.15) is 380 Å². The zero-order chi connectivity index (χ0) is 55.7. The Bertz CT molecular complexity index is 1250. The van der Waals surface area contributed by atoms with E-state index in [1.807, 2.05) is 0 Å². The minimum atomic E-state index is -0.662. The van der Waals surface area contributed by atoms with Crippen molar-refractivity contribution in [2.45, 2.75) is 392 Å². The Morgan fingerprint density at radius 1 is 0.364 bits per heavy atom. The largest absolute Gasteiger partial charge is 0.466 e. The molecule has 0 aromatic carbocycles. The number of carbonyl (C=O) groups excluding carboxylic acids is 2. The van der Waals surface area contributed by atoms with Gasteiger partial charge >= 0.3 is 5.97 Å². The van der Waals surface area contributed by atoms with Crippen molar-refractivity contribution in [2.75, 3.05) is 13.2 Å². The lowest BCUT2D eigenvalue weighted by Crippen LogP contribution is -2.45. The number of nitrogens with one attached hydrogen (secondary N) is 1. The zero-order valence-corrected chi connectivity index (χ0v) is 52.0. The number of allylic oxidation sites excluding steroid dienone is 6. The molecule has 0 aliphatic carbocycles. The number of carbonyl (C=O) groups is 2. The van der Waals surface area contributed by atoms with Crippen molar-refractivity contribution in [2.24, 2.45) is 0 Å². The quantitative estimate of drug-likeness (QED) is 0.0320. The first-order valence-electron chi connectivity index (χ1n) is 34.7. The Morgan fingerprint density at radius 2 is 0.649 bits per heavy atom. The fourth-order valence-electron chi connectivity index (χ4n) is 10.8. The number of unbranched alkanes of at least 4 members (excludes halogenated alkanes) is 48.